The molecule has 0 aliphatic heterocycles. The Morgan fingerprint density at radius 3 is 1.96 bits per heavy atom. The molecule has 0 atom stereocenters. The predicted octanol–water partition coefficient (Wildman–Crippen LogP) is 6.19. The standard InChI is InChI=1S/C24H32O3/c1-5-13-25-22-18(8-4)21-19-12-10-9-11-17(19)16-20(21)23(26-14-6-2)24(22)27-15-7-3/h9-12H,5-8,13-16H2,1-4H3. The number of fused-ring (bicyclic) bond motifs is 3. The van der Waals surface area contributed by atoms with Crippen molar-refractivity contribution in [1.29, 1.82) is 0 Å². The number of ether oxygens (including phenoxy) is 3. The van der Waals surface area contributed by atoms with Gasteiger partial charge < -0.3 is 14.2 Å². The largest absolute Gasteiger partial charge is 0.489 e. The van der Waals surface area contributed by atoms with Gasteiger partial charge in [-0.2, -0.15) is 0 Å². The van der Waals surface area contributed by atoms with Gasteiger partial charge in [0.15, 0.2) is 11.5 Å². The van der Waals surface area contributed by atoms with Gasteiger partial charge in [0.25, 0.3) is 0 Å². The van der Waals surface area contributed by atoms with Crippen LogP contribution in [0.25, 0.3) is 11.1 Å². The lowest BCUT2D eigenvalue weighted by molar-refractivity contribution is 0.240. The SMILES string of the molecule is CCCOc1c(CC)c2c(c(OCCC)c1OCCC)Cc1ccccc1-2. The lowest BCUT2D eigenvalue weighted by Gasteiger charge is -2.23. The molecule has 0 amide bonds. The molecule has 0 radical (unpaired) electrons. The van der Waals surface area contributed by atoms with Gasteiger partial charge in [0.1, 0.15) is 0 Å². The smallest absolute Gasteiger partial charge is 0.204 e. The van der Waals surface area contributed by atoms with E-state index in [0.29, 0.717) is 19.8 Å². The molecule has 3 heteroatoms. The minimum Gasteiger partial charge on any atom is -0.489 e. The molecule has 0 aromatic heterocycles. The lowest BCUT2D eigenvalue weighted by Crippen LogP contribution is -2.09. The number of hydrogen-bond acceptors (Lipinski definition) is 3. The van der Waals surface area contributed by atoms with Gasteiger partial charge in [-0.25, -0.2) is 0 Å². The topological polar surface area (TPSA) is 27.7 Å². The zero-order valence-corrected chi connectivity index (χ0v) is 17.2. The first kappa shape index (κ1) is 19.6. The van der Waals surface area contributed by atoms with E-state index in [-0.39, 0.29) is 0 Å². The molecule has 0 unspecified atom stereocenters. The Kier molecular flexibility index (Phi) is 6.65. The summed E-state index contributed by atoms with van der Waals surface area (Å²) in [5.41, 5.74) is 6.48. The molecule has 0 N–H and O–H groups in total. The van der Waals surface area contributed by atoms with Crippen LogP contribution in [0.2, 0.25) is 0 Å². The fourth-order valence-electron chi connectivity index (χ4n) is 3.78. The van der Waals surface area contributed by atoms with Crippen LogP contribution in [0, 0.1) is 0 Å². The summed E-state index contributed by atoms with van der Waals surface area (Å²) in [4.78, 5) is 0. The van der Waals surface area contributed by atoms with Gasteiger partial charge in [-0.15, -0.1) is 0 Å². The van der Waals surface area contributed by atoms with Gasteiger partial charge in [0.05, 0.1) is 19.8 Å². The normalized spacial score (nSPS) is 11.9. The van der Waals surface area contributed by atoms with Gasteiger partial charge in [0, 0.05) is 17.5 Å². The highest BCUT2D eigenvalue weighted by molar-refractivity contribution is 5.86. The number of benzene rings is 2. The van der Waals surface area contributed by atoms with Crippen molar-refractivity contribution < 1.29 is 14.2 Å². The fourth-order valence-corrected chi connectivity index (χ4v) is 3.78. The van der Waals surface area contributed by atoms with E-state index in [1.165, 1.54) is 27.8 Å². The lowest BCUT2D eigenvalue weighted by atomic mass is 9.95. The van der Waals surface area contributed by atoms with E-state index in [1.54, 1.807) is 0 Å². The molecule has 146 valence electrons. The zero-order chi connectivity index (χ0) is 19.2. The van der Waals surface area contributed by atoms with E-state index < -0.39 is 0 Å². The molecule has 0 saturated carbocycles. The van der Waals surface area contributed by atoms with Crippen molar-refractivity contribution in [3.63, 3.8) is 0 Å². The van der Waals surface area contributed by atoms with Crippen LogP contribution in [-0.4, -0.2) is 19.8 Å². The molecule has 2 aromatic rings. The molecule has 2 aromatic carbocycles. The maximum absolute atomic E-state index is 6.27. The Hall–Kier alpha value is -2.16. The fraction of sp³-hybridized carbons (Fsp3) is 0.500. The second kappa shape index (κ2) is 9.16. The molecule has 3 nitrogen and oxygen atoms in total. The van der Waals surface area contributed by atoms with Crippen LogP contribution >= 0.6 is 0 Å². The van der Waals surface area contributed by atoms with Crippen LogP contribution in [0.3, 0.4) is 0 Å². The third-order valence-corrected chi connectivity index (χ3v) is 4.92. The van der Waals surface area contributed by atoms with Crippen molar-refractivity contribution in [1.82, 2.24) is 0 Å². The Labute approximate surface area is 163 Å². The molecule has 27 heavy (non-hydrogen) atoms. The minimum atomic E-state index is 0.667. The summed E-state index contributed by atoms with van der Waals surface area (Å²) < 4.78 is 18.8. The van der Waals surface area contributed by atoms with Gasteiger partial charge in [0.2, 0.25) is 5.75 Å². The second-order valence-electron chi connectivity index (χ2n) is 7.05. The summed E-state index contributed by atoms with van der Waals surface area (Å²) in [5, 5.41) is 0. The molecular weight excluding hydrogens is 336 g/mol. The number of rotatable bonds is 10. The summed E-state index contributed by atoms with van der Waals surface area (Å²) in [6.07, 6.45) is 4.70. The van der Waals surface area contributed by atoms with Crippen molar-refractivity contribution in [2.24, 2.45) is 0 Å². The van der Waals surface area contributed by atoms with Crippen molar-refractivity contribution in [3.8, 4) is 28.4 Å². The summed E-state index contributed by atoms with van der Waals surface area (Å²) in [5.74, 6) is 2.58. The molecule has 0 fully saturated rings. The second-order valence-corrected chi connectivity index (χ2v) is 7.05. The molecule has 0 spiro atoms. The maximum Gasteiger partial charge on any atom is 0.204 e. The first-order chi connectivity index (χ1) is 13.3. The van der Waals surface area contributed by atoms with Crippen molar-refractivity contribution in [2.75, 3.05) is 19.8 Å². The van der Waals surface area contributed by atoms with E-state index >= 15 is 0 Å². The highest BCUT2D eigenvalue weighted by Crippen LogP contribution is 2.53. The molecule has 0 bridgehead atoms. The van der Waals surface area contributed by atoms with Crippen LogP contribution in [-0.2, 0) is 12.8 Å². The average molecular weight is 369 g/mol. The van der Waals surface area contributed by atoms with E-state index in [2.05, 4.69) is 52.0 Å². The molecular formula is C24H32O3. The van der Waals surface area contributed by atoms with Gasteiger partial charge in [-0.1, -0.05) is 52.0 Å². The van der Waals surface area contributed by atoms with Crippen molar-refractivity contribution >= 4 is 0 Å². The highest BCUT2D eigenvalue weighted by atomic mass is 16.5. The quantitative estimate of drug-likeness (QED) is 0.427. The first-order valence-electron chi connectivity index (χ1n) is 10.4. The molecule has 1 aliphatic carbocycles. The Bertz CT molecular complexity index is 780. The first-order valence-corrected chi connectivity index (χ1v) is 10.4. The monoisotopic (exact) mass is 368 g/mol. The van der Waals surface area contributed by atoms with Gasteiger partial charge in [-0.05, 0) is 42.4 Å². The molecule has 0 saturated heterocycles. The summed E-state index contributed by atoms with van der Waals surface area (Å²) in [6.45, 7) is 10.6. The summed E-state index contributed by atoms with van der Waals surface area (Å²) in [6, 6.07) is 8.68. The van der Waals surface area contributed by atoms with E-state index in [1.807, 2.05) is 0 Å². The zero-order valence-electron chi connectivity index (χ0n) is 17.2. The van der Waals surface area contributed by atoms with E-state index in [9.17, 15) is 0 Å². The number of hydrogen-bond donors (Lipinski definition) is 0. The maximum atomic E-state index is 6.27. The Balaban J connectivity index is 2.24. The Morgan fingerprint density at radius 2 is 1.33 bits per heavy atom. The third kappa shape index (κ3) is 3.78. The Morgan fingerprint density at radius 1 is 0.741 bits per heavy atom. The van der Waals surface area contributed by atoms with Crippen molar-refractivity contribution in [2.45, 2.75) is 59.8 Å². The van der Waals surface area contributed by atoms with Crippen LogP contribution in [0.5, 0.6) is 17.2 Å². The van der Waals surface area contributed by atoms with Crippen LogP contribution in [0.15, 0.2) is 24.3 Å². The highest BCUT2D eigenvalue weighted by Gasteiger charge is 2.32. The van der Waals surface area contributed by atoms with Gasteiger partial charge >= 0.3 is 0 Å². The van der Waals surface area contributed by atoms with E-state index in [4.69, 9.17) is 14.2 Å². The molecule has 1 aliphatic rings. The average Bonchev–Trinajstić information content (AvgIpc) is 3.08. The minimum absolute atomic E-state index is 0.667. The van der Waals surface area contributed by atoms with E-state index in [0.717, 1.165) is 49.4 Å². The molecule has 0 heterocycles. The summed E-state index contributed by atoms with van der Waals surface area (Å²) >= 11 is 0. The van der Waals surface area contributed by atoms with Crippen molar-refractivity contribution in [3.05, 3.63) is 41.0 Å². The molecule has 3 rings (SSSR count). The van der Waals surface area contributed by atoms with Crippen LogP contribution < -0.4 is 14.2 Å². The predicted molar refractivity (Wildman–Crippen MR) is 111 cm³/mol. The van der Waals surface area contributed by atoms with Crippen LogP contribution in [0.1, 0.15) is 63.6 Å². The third-order valence-electron chi connectivity index (χ3n) is 4.92. The summed E-state index contributed by atoms with van der Waals surface area (Å²) in [7, 11) is 0. The van der Waals surface area contributed by atoms with Crippen LogP contribution in [0.4, 0.5) is 0 Å². The van der Waals surface area contributed by atoms with Gasteiger partial charge in [-0.3, -0.25) is 0 Å².